The highest BCUT2D eigenvalue weighted by atomic mass is 16.1. The van der Waals surface area contributed by atoms with Gasteiger partial charge in [0.15, 0.2) is 0 Å². The van der Waals surface area contributed by atoms with Crippen LogP contribution in [0.3, 0.4) is 0 Å². The van der Waals surface area contributed by atoms with Gasteiger partial charge in [0.1, 0.15) is 0 Å². The van der Waals surface area contributed by atoms with Crippen molar-refractivity contribution in [2.45, 2.75) is 6.92 Å². The molecule has 0 aliphatic carbocycles. The molecule has 1 heterocycles. The van der Waals surface area contributed by atoms with E-state index >= 15 is 0 Å². The molecule has 1 aromatic heterocycles. The van der Waals surface area contributed by atoms with Crippen LogP contribution in [0.15, 0.2) is 42.5 Å². The number of hydrogen-bond acceptors (Lipinski definition) is 1. The normalized spacial score (nSPS) is 10.9. The number of anilines is 1. The molecule has 0 radical (unpaired) electrons. The fourth-order valence-corrected chi connectivity index (χ4v) is 2.20. The van der Waals surface area contributed by atoms with E-state index in [1.807, 2.05) is 36.4 Å². The molecule has 3 nitrogen and oxygen atoms in total. The molecule has 3 aromatic rings. The quantitative estimate of drug-likeness (QED) is 0.654. The van der Waals surface area contributed by atoms with Gasteiger partial charge < -0.3 is 10.3 Å². The summed E-state index contributed by atoms with van der Waals surface area (Å²) in [5.41, 5.74) is 2.98. The first-order valence-corrected chi connectivity index (χ1v) is 5.53. The maximum Gasteiger partial charge on any atom is 0.221 e. The van der Waals surface area contributed by atoms with Crippen molar-refractivity contribution in [3.8, 4) is 0 Å². The predicted octanol–water partition coefficient (Wildman–Crippen LogP) is 3.28. The fourth-order valence-electron chi connectivity index (χ4n) is 2.20. The summed E-state index contributed by atoms with van der Waals surface area (Å²) in [5.74, 6) is -0.0530. The molecule has 84 valence electrons. The minimum atomic E-state index is -0.0530. The molecule has 0 atom stereocenters. The van der Waals surface area contributed by atoms with Gasteiger partial charge in [0.2, 0.25) is 5.91 Å². The molecule has 0 aliphatic rings. The molecule has 0 saturated carbocycles. The van der Waals surface area contributed by atoms with Gasteiger partial charge in [0.25, 0.3) is 0 Å². The number of amides is 1. The van der Waals surface area contributed by atoms with Crippen LogP contribution in [0.4, 0.5) is 5.69 Å². The van der Waals surface area contributed by atoms with Crippen LogP contribution in [0.5, 0.6) is 0 Å². The van der Waals surface area contributed by atoms with Crippen molar-refractivity contribution in [2.75, 3.05) is 5.32 Å². The lowest BCUT2D eigenvalue weighted by Crippen LogP contribution is -2.05. The lowest BCUT2D eigenvalue weighted by molar-refractivity contribution is -0.114. The summed E-state index contributed by atoms with van der Waals surface area (Å²) in [7, 11) is 0. The zero-order chi connectivity index (χ0) is 11.8. The van der Waals surface area contributed by atoms with Gasteiger partial charge in [-0.3, -0.25) is 4.79 Å². The number of fused-ring (bicyclic) bond motifs is 3. The van der Waals surface area contributed by atoms with Crippen LogP contribution >= 0.6 is 0 Å². The summed E-state index contributed by atoms with van der Waals surface area (Å²) in [5, 5.41) is 5.07. The summed E-state index contributed by atoms with van der Waals surface area (Å²) in [4.78, 5) is 14.5. The van der Waals surface area contributed by atoms with Crippen molar-refractivity contribution in [2.24, 2.45) is 0 Å². The number of carbonyl (C=O) groups excluding carboxylic acids is 1. The Labute approximate surface area is 98.4 Å². The molecule has 3 heteroatoms. The van der Waals surface area contributed by atoms with Crippen molar-refractivity contribution in [1.29, 1.82) is 0 Å². The van der Waals surface area contributed by atoms with E-state index in [1.54, 1.807) is 0 Å². The summed E-state index contributed by atoms with van der Waals surface area (Å²) in [6.45, 7) is 1.52. The van der Waals surface area contributed by atoms with Gasteiger partial charge in [0, 0.05) is 28.7 Å². The first-order chi connectivity index (χ1) is 8.25. The summed E-state index contributed by atoms with van der Waals surface area (Å²) in [6, 6.07) is 14.0. The smallest absolute Gasteiger partial charge is 0.221 e. The number of benzene rings is 2. The SMILES string of the molecule is CC(=O)Nc1cccc2[nH]c3ccccc3c12. The number of nitrogens with one attached hydrogen (secondary N) is 2. The van der Waals surface area contributed by atoms with E-state index in [1.165, 1.54) is 6.92 Å². The molecule has 3 rings (SSSR count). The third-order valence-electron chi connectivity index (χ3n) is 2.84. The van der Waals surface area contributed by atoms with Gasteiger partial charge in [-0.2, -0.15) is 0 Å². The van der Waals surface area contributed by atoms with Crippen LogP contribution in [0, 0.1) is 0 Å². The number of aromatic nitrogens is 1. The summed E-state index contributed by atoms with van der Waals surface area (Å²) < 4.78 is 0. The third kappa shape index (κ3) is 1.56. The van der Waals surface area contributed by atoms with E-state index in [0.717, 1.165) is 27.5 Å². The molecule has 0 fully saturated rings. The van der Waals surface area contributed by atoms with E-state index < -0.39 is 0 Å². The highest BCUT2D eigenvalue weighted by Gasteiger charge is 2.08. The van der Waals surface area contributed by atoms with Gasteiger partial charge >= 0.3 is 0 Å². The molecule has 0 saturated heterocycles. The third-order valence-corrected chi connectivity index (χ3v) is 2.84. The van der Waals surface area contributed by atoms with Crippen molar-refractivity contribution in [1.82, 2.24) is 4.98 Å². The Morgan fingerprint density at radius 3 is 2.65 bits per heavy atom. The van der Waals surface area contributed by atoms with Crippen LogP contribution in [0.1, 0.15) is 6.92 Å². The molecule has 2 aromatic carbocycles. The van der Waals surface area contributed by atoms with Crippen molar-refractivity contribution in [3.63, 3.8) is 0 Å². The van der Waals surface area contributed by atoms with Crippen LogP contribution in [-0.4, -0.2) is 10.9 Å². The van der Waals surface area contributed by atoms with Gasteiger partial charge in [-0.25, -0.2) is 0 Å². The molecular formula is C14H12N2O. The average Bonchev–Trinajstić information content (AvgIpc) is 2.67. The average molecular weight is 224 g/mol. The molecule has 0 bridgehead atoms. The molecule has 1 amide bonds. The number of carbonyl (C=O) groups is 1. The molecule has 0 spiro atoms. The van der Waals surface area contributed by atoms with Crippen LogP contribution in [-0.2, 0) is 4.79 Å². The zero-order valence-corrected chi connectivity index (χ0v) is 9.45. The molecule has 0 unspecified atom stereocenters. The second-order valence-corrected chi connectivity index (χ2v) is 4.08. The van der Waals surface area contributed by atoms with Crippen molar-refractivity contribution < 1.29 is 4.79 Å². The second-order valence-electron chi connectivity index (χ2n) is 4.08. The highest BCUT2D eigenvalue weighted by molar-refractivity contribution is 6.15. The lowest BCUT2D eigenvalue weighted by Gasteiger charge is -2.03. The Kier molecular flexibility index (Phi) is 2.11. The number of H-pyrrole nitrogens is 1. The molecule has 2 N–H and O–H groups in total. The van der Waals surface area contributed by atoms with E-state index in [9.17, 15) is 4.79 Å². The monoisotopic (exact) mass is 224 g/mol. The standard InChI is InChI=1S/C14H12N2O/c1-9(17)15-12-7-4-8-13-14(12)10-5-2-3-6-11(10)16-13/h2-8,16H,1H3,(H,15,17). The van der Waals surface area contributed by atoms with Crippen LogP contribution in [0.2, 0.25) is 0 Å². The van der Waals surface area contributed by atoms with Gasteiger partial charge in [-0.15, -0.1) is 0 Å². The molecule has 17 heavy (non-hydrogen) atoms. The number of aromatic amines is 1. The van der Waals surface area contributed by atoms with Gasteiger partial charge in [-0.05, 0) is 18.2 Å². The fraction of sp³-hybridized carbons (Fsp3) is 0.0714. The van der Waals surface area contributed by atoms with Gasteiger partial charge in [-0.1, -0.05) is 24.3 Å². The topological polar surface area (TPSA) is 44.9 Å². The maximum atomic E-state index is 11.2. The minimum absolute atomic E-state index is 0.0530. The number of rotatable bonds is 1. The Hall–Kier alpha value is -2.29. The zero-order valence-electron chi connectivity index (χ0n) is 9.45. The Bertz CT molecular complexity index is 712. The Balaban J connectivity index is 2.39. The molecule has 0 aliphatic heterocycles. The number of para-hydroxylation sites is 1. The Morgan fingerprint density at radius 1 is 1.06 bits per heavy atom. The van der Waals surface area contributed by atoms with Gasteiger partial charge in [0.05, 0.1) is 5.69 Å². The maximum absolute atomic E-state index is 11.2. The summed E-state index contributed by atoms with van der Waals surface area (Å²) >= 11 is 0. The second kappa shape index (κ2) is 3.63. The van der Waals surface area contributed by atoms with Crippen molar-refractivity contribution in [3.05, 3.63) is 42.5 Å². The van der Waals surface area contributed by atoms with E-state index in [0.29, 0.717) is 0 Å². The predicted molar refractivity (Wildman–Crippen MR) is 70.1 cm³/mol. The minimum Gasteiger partial charge on any atom is -0.354 e. The van der Waals surface area contributed by atoms with Crippen LogP contribution < -0.4 is 5.32 Å². The summed E-state index contributed by atoms with van der Waals surface area (Å²) in [6.07, 6.45) is 0. The number of hydrogen-bond donors (Lipinski definition) is 2. The first kappa shape index (κ1) is 9.90. The van der Waals surface area contributed by atoms with E-state index in [-0.39, 0.29) is 5.91 Å². The largest absolute Gasteiger partial charge is 0.354 e. The van der Waals surface area contributed by atoms with E-state index in [4.69, 9.17) is 0 Å². The highest BCUT2D eigenvalue weighted by Crippen LogP contribution is 2.31. The van der Waals surface area contributed by atoms with Crippen LogP contribution in [0.25, 0.3) is 21.8 Å². The lowest BCUT2D eigenvalue weighted by atomic mass is 10.1. The van der Waals surface area contributed by atoms with Crippen molar-refractivity contribution >= 4 is 33.4 Å². The Morgan fingerprint density at radius 2 is 1.82 bits per heavy atom. The molecular weight excluding hydrogens is 212 g/mol. The first-order valence-electron chi connectivity index (χ1n) is 5.53. The van der Waals surface area contributed by atoms with E-state index in [2.05, 4.69) is 16.4 Å².